The number of rotatable bonds is 2. The van der Waals surface area contributed by atoms with Gasteiger partial charge in [0, 0.05) is 24.7 Å². The molecule has 0 aliphatic carbocycles. The maximum atomic E-state index is 4.35. The smallest absolute Gasteiger partial charge is 0.0702 e. The number of likely N-dealkylation sites (tertiary alicyclic amines) is 1. The summed E-state index contributed by atoms with van der Waals surface area (Å²) in [6, 6.07) is 10.7. The Hall–Kier alpha value is -1.41. The third-order valence-corrected chi connectivity index (χ3v) is 3.58. The van der Waals surface area contributed by atoms with Crippen LogP contribution >= 0.6 is 0 Å². The van der Waals surface area contributed by atoms with Gasteiger partial charge in [-0.3, -0.25) is 9.88 Å². The Bertz CT molecular complexity index is 521. The molecule has 0 bridgehead atoms. The summed E-state index contributed by atoms with van der Waals surface area (Å²) in [4.78, 5) is 6.90. The second kappa shape index (κ2) is 4.46. The molecule has 3 rings (SSSR count). The summed E-state index contributed by atoms with van der Waals surface area (Å²) >= 11 is 0. The van der Waals surface area contributed by atoms with E-state index in [2.05, 4.69) is 41.1 Å². The topological polar surface area (TPSA) is 16.1 Å². The molecule has 1 aromatic heterocycles. The van der Waals surface area contributed by atoms with Gasteiger partial charge < -0.3 is 0 Å². The molecular weight excluding hydrogens is 208 g/mol. The Balaban J connectivity index is 1.81. The predicted octanol–water partition coefficient (Wildman–Crippen LogP) is 3.08. The molecule has 1 aliphatic rings. The highest BCUT2D eigenvalue weighted by Crippen LogP contribution is 2.19. The Labute approximate surface area is 102 Å². The van der Waals surface area contributed by atoms with Crippen LogP contribution in [0.15, 0.2) is 36.5 Å². The highest BCUT2D eigenvalue weighted by atomic mass is 15.1. The van der Waals surface area contributed by atoms with E-state index in [1.165, 1.54) is 30.5 Å². The van der Waals surface area contributed by atoms with E-state index < -0.39 is 0 Å². The fourth-order valence-corrected chi connectivity index (χ4v) is 2.65. The van der Waals surface area contributed by atoms with Crippen LogP contribution in [0.4, 0.5) is 0 Å². The van der Waals surface area contributed by atoms with Crippen molar-refractivity contribution in [2.24, 2.45) is 5.92 Å². The first-order valence-corrected chi connectivity index (χ1v) is 6.37. The van der Waals surface area contributed by atoms with Crippen molar-refractivity contribution in [1.29, 1.82) is 0 Å². The van der Waals surface area contributed by atoms with Gasteiger partial charge in [0.25, 0.3) is 0 Å². The predicted molar refractivity (Wildman–Crippen MR) is 70.8 cm³/mol. The monoisotopic (exact) mass is 226 g/mol. The average molecular weight is 226 g/mol. The van der Waals surface area contributed by atoms with Crippen LogP contribution in [-0.4, -0.2) is 23.0 Å². The van der Waals surface area contributed by atoms with Gasteiger partial charge in [-0.05, 0) is 42.6 Å². The first kappa shape index (κ1) is 10.7. The number of hydrogen-bond donors (Lipinski definition) is 0. The van der Waals surface area contributed by atoms with Gasteiger partial charge in [0.15, 0.2) is 0 Å². The maximum Gasteiger partial charge on any atom is 0.0702 e. The normalized spacial score (nSPS) is 21.1. The molecule has 1 aliphatic heterocycles. The van der Waals surface area contributed by atoms with Gasteiger partial charge in [-0.25, -0.2) is 0 Å². The van der Waals surface area contributed by atoms with E-state index in [0.29, 0.717) is 0 Å². The van der Waals surface area contributed by atoms with Crippen molar-refractivity contribution >= 4 is 10.9 Å². The minimum atomic E-state index is 0.858. The number of hydrogen-bond acceptors (Lipinski definition) is 2. The third kappa shape index (κ3) is 2.32. The van der Waals surface area contributed by atoms with E-state index in [9.17, 15) is 0 Å². The summed E-state index contributed by atoms with van der Waals surface area (Å²) < 4.78 is 0. The minimum absolute atomic E-state index is 0.858. The number of nitrogens with zero attached hydrogens (tertiary/aromatic N) is 2. The molecule has 17 heavy (non-hydrogen) atoms. The molecule has 0 saturated carbocycles. The molecule has 0 N–H and O–H groups in total. The largest absolute Gasteiger partial charge is 0.299 e. The van der Waals surface area contributed by atoms with Crippen LogP contribution in [0.25, 0.3) is 10.9 Å². The van der Waals surface area contributed by atoms with Crippen molar-refractivity contribution < 1.29 is 0 Å². The van der Waals surface area contributed by atoms with Crippen molar-refractivity contribution in [2.45, 2.75) is 19.9 Å². The van der Waals surface area contributed by atoms with Crippen LogP contribution in [0.3, 0.4) is 0 Å². The van der Waals surface area contributed by atoms with E-state index in [-0.39, 0.29) is 0 Å². The van der Waals surface area contributed by atoms with Gasteiger partial charge >= 0.3 is 0 Å². The van der Waals surface area contributed by atoms with Gasteiger partial charge in [0.05, 0.1) is 5.52 Å². The molecular formula is C15H18N2. The van der Waals surface area contributed by atoms with Crippen molar-refractivity contribution in [3.8, 4) is 0 Å². The van der Waals surface area contributed by atoms with E-state index in [0.717, 1.165) is 18.0 Å². The number of benzene rings is 1. The average Bonchev–Trinajstić information content (AvgIpc) is 2.75. The number of pyridine rings is 1. The lowest BCUT2D eigenvalue weighted by atomic mass is 10.1. The van der Waals surface area contributed by atoms with Crippen molar-refractivity contribution in [3.63, 3.8) is 0 Å². The summed E-state index contributed by atoms with van der Waals surface area (Å²) in [5, 5.41) is 1.25. The van der Waals surface area contributed by atoms with Crippen molar-refractivity contribution in [1.82, 2.24) is 9.88 Å². The molecule has 0 radical (unpaired) electrons. The van der Waals surface area contributed by atoms with Gasteiger partial charge in [0.1, 0.15) is 0 Å². The lowest BCUT2D eigenvalue weighted by Crippen LogP contribution is -2.19. The van der Waals surface area contributed by atoms with Crippen LogP contribution in [0, 0.1) is 5.92 Å². The highest BCUT2D eigenvalue weighted by molar-refractivity contribution is 5.78. The van der Waals surface area contributed by atoms with Gasteiger partial charge in [-0.1, -0.05) is 19.1 Å². The third-order valence-electron chi connectivity index (χ3n) is 3.58. The first-order valence-electron chi connectivity index (χ1n) is 6.37. The molecule has 1 atom stereocenters. The summed E-state index contributed by atoms with van der Waals surface area (Å²) in [6.07, 6.45) is 3.19. The molecule has 2 aromatic rings. The first-order chi connectivity index (χ1) is 8.31. The fraction of sp³-hybridized carbons (Fsp3) is 0.400. The molecule has 1 aromatic carbocycles. The molecule has 2 heteroatoms. The van der Waals surface area contributed by atoms with Crippen LogP contribution in [0.5, 0.6) is 0 Å². The lowest BCUT2D eigenvalue weighted by Gasteiger charge is -2.15. The zero-order chi connectivity index (χ0) is 11.7. The Kier molecular flexibility index (Phi) is 2.81. The van der Waals surface area contributed by atoms with Gasteiger partial charge in [-0.15, -0.1) is 0 Å². The van der Waals surface area contributed by atoms with E-state index >= 15 is 0 Å². The second-order valence-corrected chi connectivity index (χ2v) is 5.16. The summed E-state index contributed by atoms with van der Waals surface area (Å²) in [5.41, 5.74) is 2.49. The highest BCUT2D eigenvalue weighted by Gasteiger charge is 2.18. The quantitative estimate of drug-likeness (QED) is 0.782. The van der Waals surface area contributed by atoms with Crippen LogP contribution in [0.2, 0.25) is 0 Å². The summed E-state index contributed by atoms with van der Waals surface area (Å²) in [6.45, 7) is 5.90. The molecule has 88 valence electrons. The second-order valence-electron chi connectivity index (χ2n) is 5.16. The summed E-state index contributed by atoms with van der Waals surface area (Å²) in [7, 11) is 0. The van der Waals surface area contributed by atoms with Crippen LogP contribution in [0.1, 0.15) is 18.9 Å². The molecule has 2 nitrogen and oxygen atoms in total. The standard InChI is InChI=1S/C15H18N2/c1-12-6-8-17(10-12)11-13-4-5-15-14(9-13)3-2-7-16-15/h2-5,7,9,12H,6,8,10-11H2,1H3. The van der Waals surface area contributed by atoms with Gasteiger partial charge in [-0.2, -0.15) is 0 Å². The molecule has 0 spiro atoms. The van der Waals surface area contributed by atoms with Crippen molar-refractivity contribution in [3.05, 3.63) is 42.1 Å². The molecule has 1 saturated heterocycles. The zero-order valence-corrected chi connectivity index (χ0v) is 10.3. The number of aromatic nitrogens is 1. The zero-order valence-electron chi connectivity index (χ0n) is 10.3. The van der Waals surface area contributed by atoms with Crippen LogP contribution < -0.4 is 0 Å². The Morgan fingerprint density at radius 1 is 1.35 bits per heavy atom. The molecule has 1 fully saturated rings. The fourth-order valence-electron chi connectivity index (χ4n) is 2.65. The van der Waals surface area contributed by atoms with Crippen molar-refractivity contribution in [2.75, 3.05) is 13.1 Å². The van der Waals surface area contributed by atoms with E-state index in [4.69, 9.17) is 0 Å². The van der Waals surface area contributed by atoms with Crippen LogP contribution in [-0.2, 0) is 6.54 Å². The Morgan fingerprint density at radius 3 is 3.12 bits per heavy atom. The van der Waals surface area contributed by atoms with Gasteiger partial charge in [0.2, 0.25) is 0 Å². The maximum absolute atomic E-state index is 4.35. The molecule has 1 unspecified atom stereocenters. The summed E-state index contributed by atoms with van der Waals surface area (Å²) in [5.74, 6) is 0.858. The van der Waals surface area contributed by atoms with E-state index in [1.807, 2.05) is 12.3 Å². The lowest BCUT2D eigenvalue weighted by molar-refractivity contribution is 0.320. The van der Waals surface area contributed by atoms with E-state index in [1.54, 1.807) is 0 Å². The minimum Gasteiger partial charge on any atom is -0.299 e. The number of fused-ring (bicyclic) bond motifs is 1. The molecule has 2 heterocycles. The molecule has 0 amide bonds. The Morgan fingerprint density at radius 2 is 2.29 bits per heavy atom. The SMILES string of the molecule is CC1CCN(Cc2ccc3ncccc3c2)C1.